The number of hydrogen-bond acceptors (Lipinski definition) is 3. The number of carbonyl (C=O) groups excluding carboxylic acids is 1. The Morgan fingerprint density at radius 2 is 1.77 bits per heavy atom. The molecule has 0 fully saturated rings. The molecule has 3 heteroatoms. The van der Waals surface area contributed by atoms with Gasteiger partial charge in [0, 0.05) is 26.1 Å². The number of likely N-dealkylation sites (N-methyl/N-ethyl adjacent to an activating group) is 2. The second-order valence-corrected chi connectivity index (χ2v) is 3.69. The van der Waals surface area contributed by atoms with E-state index in [4.69, 9.17) is 0 Å². The van der Waals surface area contributed by atoms with E-state index in [-0.39, 0.29) is 5.78 Å². The third-order valence-electron chi connectivity index (χ3n) is 2.09. The summed E-state index contributed by atoms with van der Waals surface area (Å²) < 4.78 is 0. The van der Waals surface area contributed by atoms with Gasteiger partial charge in [-0.2, -0.15) is 0 Å². The van der Waals surface area contributed by atoms with E-state index in [9.17, 15) is 4.79 Å². The van der Waals surface area contributed by atoms with Gasteiger partial charge in [0.15, 0.2) is 0 Å². The smallest absolute Gasteiger partial charge is 0.131 e. The van der Waals surface area contributed by atoms with Gasteiger partial charge in [0.25, 0.3) is 0 Å². The van der Waals surface area contributed by atoms with E-state index in [0.29, 0.717) is 6.42 Å². The van der Waals surface area contributed by atoms with Crippen LogP contribution in [0.4, 0.5) is 0 Å². The molecule has 0 unspecified atom stereocenters. The van der Waals surface area contributed by atoms with Gasteiger partial charge >= 0.3 is 0 Å². The van der Waals surface area contributed by atoms with Crippen LogP contribution in [0.25, 0.3) is 0 Å². The molecular weight excluding hydrogens is 164 g/mol. The Morgan fingerprint density at radius 3 is 2.15 bits per heavy atom. The van der Waals surface area contributed by atoms with Crippen molar-refractivity contribution in [2.24, 2.45) is 0 Å². The van der Waals surface area contributed by atoms with Crippen LogP contribution in [0.5, 0.6) is 0 Å². The lowest BCUT2D eigenvalue weighted by Gasteiger charge is -2.21. The van der Waals surface area contributed by atoms with Crippen molar-refractivity contribution in [3.8, 4) is 0 Å². The minimum Gasteiger partial charge on any atom is -0.308 e. The van der Waals surface area contributed by atoms with Gasteiger partial charge < -0.3 is 9.80 Å². The summed E-state index contributed by atoms with van der Waals surface area (Å²) >= 11 is 0. The molecule has 0 amide bonds. The zero-order valence-corrected chi connectivity index (χ0v) is 9.34. The van der Waals surface area contributed by atoms with Crippen molar-refractivity contribution in [1.29, 1.82) is 0 Å². The van der Waals surface area contributed by atoms with Gasteiger partial charge in [-0.3, -0.25) is 4.79 Å². The van der Waals surface area contributed by atoms with E-state index < -0.39 is 0 Å². The van der Waals surface area contributed by atoms with Crippen LogP contribution in [0.1, 0.15) is 20.3 Å². The Morgan fingerprint density at radius 1 is 1.15 bits per heavy atom. The van der Waals surface area contributed by atoms with Crippen molar-refractivity contribution >= 4 is 5.78 Å². The molecule has 0 aliphatic rings. The topological polar surface area (TPSA) is 23.6 Å². The summed E-state index contributed by atoms with van der Waals surface area (Å²) in [5.74, 6) is 0.281. The van der Waals surface area contributed by atoms with Gasteiger partial charge in [0.2, 0.25) is 0 Å². The molecule has 78 valence electrons. The average molecular weight is 186 g/mol. The molecule has 0 aliphatic heterocycles. The summed E-state index contributed by atoms with van der Waals surface area (Å²) in [7, 11) is 4.14. The molecule has 0 spiro atoms. The Bertz CT molecular complexity index is 146. The maximum absolute atomic E-state index is 10.8. The summed E-state index contributed by atoms with van der Waals surface area (Å²) in [4.78, 5) is 15.2. The quantitative estimate of drug-likeness (QED) is 0.589. The summed E-state index contributed by atoms with van der Waals surface area (Å²) in [6.45, 7) is 7.83. The molecule has 0 saturated heterocycles. The fourth-order valence-electron chi connectivity index (χ4n) is 1.09. The SMILES string of the molecule is CCN(CCC(C)=O)CCN(C)C. The number of carbonyl (C=O) groups is 1. The molecule has 0 atom stereocenters. The highest BCUT2D eigenvalue weighted by molar-refractivity contribution is 5.75. The largest absolute Gasteiger partial charge is 0.308 e. The Balaban J connectivity index is 3.57. The molecule has 0 aromatic carbocycles. The summed E-state index contributed by atoms with van der Waals surface area (Å²) in [5.41, 5.74) is 0. The van der Waals surface area contributed by atoms with Crippen LogP contribution in [-0.2, 0) is 4.79 Å². The van der Waals surface area contributed by atoms with Gasteiger partial charge in [0.05, 0.1) is 0 Å². The zero-order chi connectivity index (χ0) is 10.3. The van der Waals surface area contributed by atoms with Crippen molar-refractivity contribution in [1.82, 2.24) is 9.80 Å². The molecule has 0 aliphatic carbocycles. The lowest BCUT2D eigenvalue weighted by atomic mass is 10.3. The Labute approximate surface area is 81.7 Å². The first-order valence-electron chi connectivity index (χ1n) is 4.92. The minimum absolute atomic E-state index is 0.281. The maximum atomic E-state index is 10.8. The van der Waals surface area contributed by atoms with E-state index in [1.165, 1.54) is 0 Å². The molecule has 0 rings (SSSR count). The van der Waals surface area contributed by atoms with Crippen LogP contribution in [-0.4, -0.2) is 55.9 Å². The number of rotatable bonds is 7. The lowest BCUT2D eigenvalue weighted by Crippen LogP contribution is -2.33. The highest BCUT2D eigenvalue weighted by Gasteiger charge is 2.03. The maximum Gasteiger partial charge on any atom is 0.131 e. The molecule has 0 saturated carbocycles. The fourth-order valence-corrected chi connectivity index (χ4v) is 1.09. The normalized spacial score (nSPS) is 11.2. The minimum atomic E-state index is 0.281. The summed E-state index contributed by atoms with van der Waals surface area (Å²) in [6, 6.07) is 0. The van der Waals surface area contributed by atoms with Gasteiger partial charge in [-0.15, -0.1) is 0 Å². The second-order valence-electron chi connectivity index (χ2n) is 3.69. The van der Waals surface area contributed by atoms with E-state index in [2.05, 4.69) is 30.8 Å². The third kappa shape index (κ3) is 7.94. The molecule has 0 heterocycles. The van der Waals surface area contributed by atoms with Crippen LogP contribution in [0.2, 0.25) is 0 Å². The van der Waals surface area contributed by atoms with E-state index in [1.54, 1.807) is 6.92 Å². The molecule has 0 aromatic rings. The average Bonchev–Trinajstić information content (AvgIpc) is 2.04. The van der Waals surface area contributed by atoms with E-state index in [0.717, 1.165) is 26.2 Å². The molecular formula is C10H22N2O. The van der Waals surface area contributed by atoms with Gasteiger partial charge in [-0.05, 0) is 27.6 Å². The monoisotopic (exact) mass is 186 g/mol. The van der Waals surface area contributed by atoms with Gasteiger partial charge in [0.1, 0.15) is 5.78 Å². The van der Waals surface area contributed by atoms with Crippen molar-refractivity contribution in [2.45, 2.75) is 20.3 Å². The number of Topliss-reactive ketones (excluding diaryl/α,β-unsaturated/α-hetero) is 1. The standard InChI is InChI=1S/C10H22N2O/c1-5-12(7-6-10(2)13)9-8-11(3)4/h5-9H2,1-4H3. The molecule has 0 radical (unpaired) electrons. The first-order valence-corrected chi connectivity index (χ1v) is 4.92. The predicted octanol–water partition coefficient (Wildman–Crippen LogP) is 0.849. The second kappa shape index (κ2) is 7.04. The van der Waals surface area contributed by atoms with Gasteiger partial charge in [-0.1, -0.05) is 6.92 Å². The fraction of sp³-hybridized carbons (Fsp3) is 0.900. The molecule has 0 aromatic heterocycles. The first-order chi connectivity index (χ1) is 6.06. The van der Waals surface area contributed by atoms with Crippen molar-refractivity contribution in [2.75, 3.05) is 40.3 Å². The number of ketones is 1. The van der Waals surface area contributed by atoms with Crippen LogP contribution in [0.3, 0.4) is 0 Å². The van der Waals surface area contributed by atoms with Crippen molar-refractivity contribution < 1.29 is 4.79 Å². The highest BCUT2D eigenvalue weighted by Crippen LogP contribution is 1.92. The zero-order valence-electron chi connectivity index (χ0n) is 9.34. The Kier molecular flexibility index (Phi) is 6.82. The molecule has 0 bridgehead atoms. The van der Waals surface area contributed by atoms with E-state index in [1.807, 2.05) is 0 Å². The van der Waals surface area contributed by atoms with Crippen LogP contribution in [0.15, 0.2) is 0 Å². The van der Waals surface area contributed by atoms with Crippen molar-refractivity contribution in [3.63, 3.8) is 0 Å². The van der Waals surface area contributed by atoms with Crippen molar-refractivity contribution in [3.05, 3.63) is 0 Å². The highest BCUT2D eigenvalue weighted by atomic mass is 16.1. The number of nitrogens with zero attached hydrogens (tertiary/aromatic N) is 2. The third-order valence-corrected chi connectivity index (χ3v) is 2.09. The lowest BCUT2D eigenvalue weighted by molar-refractivity contribution is -0.117. The molecule has 3 nitrogen and oxygen atoms in total. The Hall–Kier alpha value is -0.410. The summed E-state index contributed by atoms with van der Waals surface area (Å²) in [5, 5.41) is 0. The first kappa shape index (κ1) is 12.6. The van der Waals surface area contributed by atoms with Crippen LogP contribution < -0.4 is 0 Å². The molecule has 13 heavy (non-hydrogen) atoms. The van der Waals surface area contributed by atoms with Gasteiger partial charge in [-0.25, -0.2) is 0 Å². The van der Waals surface area contributed by atoms with Crippen LogP contribution in [0, 0.1) is 0 Å². The molecule has 0 N–H and O–H groups in total. The number of hydrogen-bond donors (Lipinski definition) is 0. The van der Waals surface area contributed by atoms with E-state index >= 15 is 0 Å². The van der Waals surface area contributed by atoms with Crippen LogP contribution >= 0.6 is 0 Å². The predicted molar refractivity (Wildman–Crippen MR) is 56.0 cm³/mol. The summed E-state index contributed by atoms with van der Waals surface area (Å²) in [6.07, 6.45) is 0.682.